The Labute approximate surface area is 172 Å². The zero-order valence-electron chi connectivity index (χ0n) is 15.0. The number of rotatable bonds is 6. The normalized spacial score (nSPS) is 13.8. The van der Waals surface area contributed by atoms with Gasteiger partial charge in [0.1, 0.15) is 18.1 Å². The van der Waals surface area contributed by atoms with Crippen LogP contribution in [0.15, 0.2) is 48.7 Å². The summed E-state index contributed by atoms with van der Waals surface area (Å²) in [5.74, 6) is 0.0860. The Kier molecular flexibility index (Phi) is 6.07. The second kappa shape index (κ2) is 8.50. The summed E-state index contributed by atoms with van der Waals surface area (Å²) in [6.45, 7) is 5.06. The highest BCUT2D eigenvalue weighted by Gasteiger charge is 2.30. The van der Waals surface area contributed by atoms with E-state index >= 15 is 0 Å². The van der Waals surface area contributed by atoms with E-state index in [4.69, 9.17) is 37.4 Å². The second-order valence-corrected chi connectivity index (χ2v) is 6.72. The summed E-state index contributed by atoms with van der Waals surface area (Å²) in [6.07, 6.45) is 2.98. The highest BCUT2D eigenvalue weighted by atomic mass is 35.5. The molecule has 2 aromatic rings. The number of benzene rings is 2. The molecule has 2 aromatic carbocycles. The monoisotopic (exact) mass is 418 g/mol. The molecular formula is C21H16Cl2O5. The molecule has 0 N–H and O–H groups in total. The number of Topliss-reactive ketones (excluding diaryl/α,β-unsaturated/α-hetero) is 1. The van der Waals surface area contributed by atoms with Gasteiger partial charge in [-0.1, -0.05) is 41.9 Å². The van der Waals surface area contributed by atoms with Gasteiger partial charge in [0.25, 0.3) is 0 Å². The van der Waals surface area contributed by atoms with E-state index in [1.54, 1.807) is 37.3 Å². The maximum Gasteiger partial charge on any atom is 0.344 e. The summed E-state index contributed by atoms with van der Waals surface area (Å²) in [5.41, 5.74) is 1.49. The summed E-state index contributed by atoms with van der Waals surface area (Å²) in [6, 6.07) is 8.27. The summed E-state index contributed by atoms with van der Waals surface area (Å²) >= 11 is 12.3. The SMILES string of the molecule is C=CCOC(=O)COc1ccc2c(c1C)O/C(=C\c1c(Cl)cccc1Cl)C2=O. The van der Waals surface area contributed by atoms with Crippen molar-refractivity contribution in [3.05, 3.63) is 75.5 Å². The number of carbonyl (C=O) groups excluding carboxylic acids is 2. The van der Waals surface area contributed by atoms with Crippen LogP contribution in [0.5, 0.6) is 11.5 Å². The van der Waals surface area contributed by atoms with Gasteiger partial charge in [0.2, 0.25) is 5.78 Å². The molecule has 0 radical (unpaired) electrons. The summed E-state index contributed by atoms with van der Waals surface area (Å²) in [4.78, 5) is 24.2. The molecule has 0 unspecified atom stereocenters. The van der Waals surface area contributed by atoms with Crippen molar-refractivity contribution in [1.29, 1.82) is 0 Å². The van der Waals surface area contributed by atoms with E-state index in [1.807, 2.05) is 0 Å². The van der Waals surface area contributed by atoms with E-state index in [-0.39, 0.29) is 24.8 Å². The third kappa shape index (κ3) is 4.06. The van der Waals surface area contributed by atoms with Gasteiger partial charge in [0.05, 0.1) is 5.56 Å². The third-order valence-corrected chi connectivity index (χ3v) is 4.68. The quantitative estimate of drug-likeness (QED) is 0.374. The molecule has 0 saturated heterocycles. The fourth-order valence-electron chi connectivity index (χ4n) is 2.63. The molecule has 0 atom stereocenters. The average molecular weight is 419 g/mol. The van der Waals surface area contributed by atoms with Gasteiger partial charge in [-0.3, -0.25) is 4.79 Å². The van der Waals surface area contributed by atoms with Gasteiger partial charge in [-0.05, 0) is 37.3 Å². The lowest BCUT2D eigenvalue weighted by Crippen LogP contribution is -2.15. The molecule has 5 nitrogen and oxygen atoms in total. The lowest BCUT2D eigenvalue weighted by Gasteiger charge is -2.11. The Morgan fingerprint density at radius 1 is 1.21 bits per heavy atom. The number of hydrogen-bond acceptors (Lipinski definition) is 5. The lowest BCUT2D eigenvalue weighted by atomic mass is 10.1. The van der Waals surface area contributed by atoms with Crippen LogP contribution in [-0.2, 0) is 9.53 Å². The highest BCUT2D eigenvalue weighted by molar-refractivity contribution is 6.37. The minimum atomic E-state index is -0.522. The van der Waals surface area contributed by atoms with Crippen LogP contribution in [0.3, 0.4) is 0 Å². The van der Waals surface area contributed by atoms with E-state index in [1.165, 1.54) is 12.2 Å². The topological polar surface area (TPSA) is 61.8 Å². The fourth-order valence-corrected chi connectivity index (χ4v) is 3.14. The standard InChI is InChI=1S/C21H16Cl2O5/c1-3-9-26-19(24)11-27-17-8-7-13-20(25)18(28-21(13)12(17)2)10-14-15(22)5-4-6-16(14)23/h3-8,10H,1,9,11H2,2H3/b18-10-. The molecule has 1 aliphatic heterocycles. The first kappa shape index (κ1) is 20.0. The van der Waals surface area contributed by atoms with Crippen molar-refractivity contribution in [2.75, 3.05) is 13.2 Å². The zero-order valence-corrected chi connectivity index (χ0v) is 16.5. The Bertz CT molecular complexity index is 974. The number of fused-ring (bicyclic) bond motifs is 1. The maximum atomic E-state index is 12.7. The predicted octanol–water partition coefficient (Wildman–Crippen LogP) is 5.03. The lowest BCUT2D eigenvalue weighted by molar-refractivity contribution is -0.144. The minimum absolute atomic E-state index is 0.107. The smallest absolute Gasteiger partial charge is 0.344 e. The number of esters is 1. The van der Waals surface area contributed by atoms with Crippen LogP contribution in [0.4, 0.5) is 0 Å². The Morgan fingerprint density at radius 3 is 2.61 bits per heavy atom. The predicted molar refractivity (Wildman–Crippen MR) is 107 cm³/mol. The van der Waals surface area contributed by atoms with Gasteiger partial charge in [-0.25, -0.2) is 4.79 Å². The van der Waals surface area contributed by atoms with Crippen molar-refractivity contribution < 1.29 is 23.8 Å². The van der Waals surface area contributed by atoms with Crippen LogP contribution in [0, 0.1) is 6.92 Å². The molecule has 0 amide bonds. The van der Waals surface area contributed by atoms with Crippen molar-refractivity contribution in [3.8, 4) is 11.5 Å². The number of hydrogen-bond donors (Lipinski definition) is 0. The molecule has 28 heavy (non-hydrogen) atoms. The van der Waals surface area contributed by atoms with E-state index in [9.17, 15) is 9.59 Å². The molecule has 0 saturated carbocycles. The van der Waals surface area contributed by atoms with Crippen molar-refractivity contribution in [3.63, 3.8) is 0 Å². The maximum absolute atomic E-state index is 12.7. The van der Waals surface area contributed by atoms with Crippen LogP contribution >= 0.6 is 23.2 Å². The van der Waals surface area contributed by atoms with Crippen LogP contribution in [-0.4, -0.2) is 25.0 Å². The first-order valence-corrected chi connectivity index (χ1v) is 9.09. The molecular weight excluding hydrogens is 403 g/mol. The molecule has 0 aromatic heterocycles. The molecule has 0 aliphatic carbocycles. The Hall–Kier alpha value is -2.76. The van der Waals surface area contributed by atoms with Crippen LogP contribution in [0.2, 0.25) is 10.0 Å². The Morgan fingerprint density at radius 2 is 1.93 bits per heavy atom. The van der Waals surface area contributed by atoms with E-state index in [0.717, 1.165) is 0 Å². The summed E-state index contributed by atoms with van der Waals surface area (Å²) in [5, 5.41) is 0.817. The molecule has 0 spiro atoms. The van der Waals surface area contributed by atoms with Crippen molar-refractivity contribution in [2.24, 2.45) is 0 Å². The van der Waals surface area contributed by atoms with Gasteiger partial charge in [-0.2, -0.15) is 0 Å². The van der Waals surface area contributed by atoms with E-state index in [0.29, 0.717) is 38.2 Å². The summed E-state index contributed by atoms with van der Waals surface area (Å²) < 4.78 is 16.1. The molecule has 0 fully saturated rings. The van der Waals surface area contributed by atoms with E-state index < -0.39 is 5.97 Å². The highest BCUT2D eigenvalue weighted by Crippen LogP contribution is 2.40. The van der Waals surface area contributed by atoms with Gasteiger partial charge in [0.15, 0.2) is 12.4 Å². The van der Waals surface area contributed by atoms with Crippen molar-refractivity contribution in [2.45, 2.75) is 6.92 Å². The average Bonchev–Trinajstić information content (AvgIpc) is 2.99. The molecule has 144 valence electrons. The zero-order chi connectivity index (χ0) is 20.3. The fraction of sp³-hybridized carbons (Fsp3) is 0.143. The van der Waals surface area contributed by atoms with Gasteiger partial charge in [-0.15, -0.1) is 0 Å². The number of allylic oxidation sites excluding steroid dienone is 1. The van der Waals surface area contributed by atoms with E-state index in [2.05, 4.69) is 6.58 Å². The number of carbonyl (C=O) groups is 2. The molecule has 1 aliphatic rings. The molecule has 7 heteroatoms. The Balaban J connectivity index is 1.84. The van der Waals surface area contributed by atoms with Gasteiger partial charge in [0, 0.05) is 21.2 Å². The number of halogens is 2. The second-order valence-electron chi connectivity index (χ2n) is 5.90. The third-order valence-electron chi connectivity index (χ3n) is 4.02. The first-order chi connectivity index (χ1) is 13.4. The molecule has 3 rings (SSSR count). The van der Waals surface area contributed by atoms with Crippen molar-refractivity contribution in [1.82, 2.24) is 0 Å². The van der Waals surface area contributed by atoms with Crippen LogP contribution in [0.1, 0.15) is 21.5 Å². The number of ether oxygens (including phenoxy) is 3. The molecule has 1 heterocycles. The van der Waals surface area contributed by atoms with Gasteiger partial charge >= 0.3 is 5.97 Å². The first-order valence-electron chi connectivity index (χ1n) is 8.33. The number of ketones is 1. The van der Waals surface area contributed by atoms with Crippen LogP contribution < -0.4 is 9.47 Å². The van der Waals surface area contributed by atoms with Crippen LogP contribution in [0.25, 0.3) is 6.08 Å². The molecule has 0 bridgehead atoms. The largest absolute Gasteiger partial charge is 0.481 e. The minimum Gasteiger partial charge on any atom is -0.481 e. The summed E-state index contributed by atoms with van der Waals surface area (Å²) in [7, 11) is 0. The van der Waals surface area contributed by atoms with Gasteiger partial charge < -0.3 is 14.2 Å². The van der Waals surface area contributed by atoms with Crippen molar-refractivity contribution >= 4 is 41.0 Å².